The molecular formula is C12H24N2. The van der Waals surface area contributed by atoms with Crippen molar-refractivity contribution in [1.82, 2.24) is 4.90 Å². The lowest BCUT2D eigenvalue weighted by molar-refractivity contribution is 0.0314. The van der Waals surface area contributed by atoms with Crippen molar-refractivity contribution in [2.45, 2.75) is 45.1 Å². The van der Waals surface area contributed by atoms with Crippen LogP contribution in [0.25, 0.3) is 0 Å². The van der Waals surface area contributed by atoms with E-state index in [9.17, 15) is 0 Å². The molecule has 0 atom stereocenters. The fourth-order valence-electron chi connectivity index (χ4n) is 2.98. The van der Waals surface area contributed by atoms with Gasteiger partial charge < -0.3 is 5.73 Å². The van der Waals surface area contributed by atoms with Crippen molar-refractivity contribution in [3.63, 3.8) is 0 Å². The van der Waals surface area contributed by atoms with Gasteiger partial charge in [0.2, 0.25) is 0 Å². The van der Waals surface area contributed by atoms with Crippen molar-refractivity contribution in [3.05, 3.63) is 0 Å². The van der Waals surface area contributed by atoms with Gasteiger partial charge >= 0.3 is 0 Å². The third kappa shape index (κ3) is 2.12. The summed E-state index contributed by atoms with van der Waals surface area (Å²) in [6.07, 6.45) is 7.19. The van der Waals surface area contributed by atoms with Crippen molar-refractivity contribution >= 4 is 0 Å². The Hall–Kier alpha value is -0.0800. The summed E-state index contributed by atoms with van der Waals surface area (Å²) in [5.74, 6) is 1.83. The molecule has 2 rings (SSSR count). The Bertz CT molecular complexity index is 167. The molecule has 0 aromatic heterocycles. The molecule has 0 radical (unpaired) electrons. The highest BCUT2D eigenvalue weighted by Crippen LogP contribution is 2.32. The average molecular weight is 196 g/mol. The molecule has 2 heteroatoms. The zero-order chi connectivity index (χ0) is 9.97. The van der Waals surface area contributed by atoms with Crippen molar-refractivity contribution in [2.24, 2.45) is 17.6 Å². The lowest BCUT2D eigenvalue weighted by Crippen LogP contribution is -2.55. The van der Waals surface area contributed by atoms with Gasteiger partial charge in [-0.1, -0.05) is 13.3 Å². The maximum atomic E-state index is 5.64. The Balaban J connectivity index is 1.69. The summed E-state index contributed by atoms with van der Waals surface area (Å²) in [5, 5.41) is 0. The van der Waals surface area contributed by atoms with Crippen LogP contribution in [0.15, 0.2) is 0 Å². The van der Waals surface area contributed by atoms with Gasteiger partial charge in [-0.2, -0.15) is 0 Å². The lowest BCUT2D eigenvalue weighted by Gasteiger charge is -2.46. The molecule has 1 aliphatic carbocycles. The molecule has 2 nitrogen and oxygen atoms in total. The molecule has 2 N–H and O–H groups in total. The highest BCUT2D eigenvalue weighted by Gasteiger charge is 2.33. The van der Waals surface area contributed by atoms with Gasteiger partial charge in [-0.3, -0.25) is 4.90 Å². The Labute approximate surface area is 87.8 Å². The molecule has 82 valence electrons. The van der Waals surface area contributed by atoms with Gasteiger partial charge in [-0.05, 0) is 44.1 Å². The van der Waals surface area contributed by atoms with E-state index in [0.29, 0.717) is 0 Å². The molecule has 1 saturated carbocycles. The largest absolute Gasteiger partial charge is 0.330 e. The minimum atomic E-state index is 0.805. The van der Waals surface area contributed by atoms with E-state index in [1.165, 1.54) is 45.2 Å². The number of nitrogens with two attached hydrogens (primary N) is 1. The number of nitrogens with zero attached hydrogens (tertiary/aromatic N) is 1. The molecule has 2 fully saturated rings. The quantitative estimate of drug-likeness (QED) is 0.746. The molecule has 14 heavy (non-hydrogen) atoms. The topological polar surface area (TPSA) is 29.3 Å². The molecule has 0 amide bonds. The van der Waals surface area contributed by atoms with Crippen LogP contribution in [-0.4, -0.2) is 30.6 Å². The van der Waals surface area contributed by atoms with E-state index in [0.717, 1.165) is 24.4 Å². The SMILES string of the molecule is CCC1CCC(N2CC(CN)C2)CC1. The molecule has 0 unspecified atom stereocenters. The van der Waals surface area contributed by atoms with E-state index in [4.69, 9.17) is 5.73 Å². The Morgan fingerprint density at radius 3 is 2.21 bits per heavy atom. The van der Waals surface area contributed by atoms with E-state index < -0.39 is 0 Å². The van der Waals surface area contributed by atoms with Crippen LogP contribution in [-0.2, 0) is 0 Å². The van der Waals surface area contributed by atoms with Crippen LogP contribution in [0, 0.1) is 11.8 Å². The first kappa shape index (κ1) is 10.4. The summed E-state index contributed by atoms with van der Waals surface area (Å²) >= 11 is 0. The summed E-state index contributed by atoms with van der Waals surface area (Å²) in [6, 6.07) is 0.903. The van der Waals surface area contributed by atoms with Crippen molar-refractivity contribution in [3.8, 4) is 0 Å². The van der Waals surface area contributed by atoms with Gasteiger partial charge in [0, 0.05) is 19.1 Å². The molecular weight excluding hydrogens is 172 g/mol. The van der Waals surface area contributed by atoms with Gasteiger partial charge in [0.05, 0.1) is 0 Å². The van der Waals surface area contributed by atoms with Crippen LogP contribution >= 0.6 is 0 Å². The second-order valence-electron chi connectivity index (χ2n) is 5.14. The molecule has 0 bridgehead atoms. The summed E-state index contributed by atoms with van der Waals surface area (Å²) in [6.45, 7) is 5.77. The Morgan fingerprint density at radius 1 is 1.07 bits per heavy atom. The van der Waals surface area contributed by atoms with Gasteiger partial charge in [0.15, 0.2) is 0 Å². The van der Waals surface area contributed by atoms with E-state index in [2.05, 4.69) is 11.8 Å². The third-order valence-corrected chi connectivity index (χ3v) is 4.23. The van der Waals surface area contributed by atoms with Gasteiger partial charge in [0.1, 0.15) is 0 Å². The summed E-state index contributed by atoms with van der Waals surface area (Å²) in [4.78, 5) is 2.66. The van der Waals surface area contributed by atoms with Crippen LogP contribution in [0.5, 0.6) is 0 Å². The normalized spacial score (nSPS) is 35.6. The zero-order valence-corrected chi connectivity index (χ0v) is 9.41. The molecule has 0 aromatic carbocycles. The third-order valence-electron chi connectivity index (χ3n) is 4.23. The monoisotopic (exact) mass is 196 g/mol. The lowest BCUT2D eigenvalue weighted by atomic mass is 9.82. The minimum Gasteiger partial charge on any atom is -0.330 e. The van der Waals surface area contributed by atoms with Crippen molar-refractivity contribution < 1.29 is 0 Å². The maximum Gasteiger partial charge on any atom is 0.00957 e. The minimum absolute atomic E-state index is 0.805. The van der Waals surface area contributed by atoms with Crippen LogP contribution in [0.1, 0.15) is 39.0 Å². The number of hydrogen-bond donors (Lipinski definition) is 1. The van der Waals surface area contributed by atoms with Crippen molar-refractivity contribution in [2.75, 3.05) is 19.6 Å². The Kier molecular flexibility index (Phi) is 3.45. The fourth-order valence-corrected chi connectivity index (χ4v) is 2.98. The smallest absolute Gasteiger partial charge is 0.00957 e. The highest BCUT2D eigenvalue weighted by atomic mass is 15.2. The van der Waals surface area contributed by atoms with Crippen molar-refractivity contribution in [1.29, 1.82) is 0 Å². The first-order valence-corrected chi connectivity index (χ1v) is 6.27. The van der Waals surface area contributed by atoms with Crippen LogP contribution in [0.4, 0.5) is 0 Å². The summed E-state index contributed by atoms with van der Waals surface area (Å²) in [7, 11) is 0. The van der Waals surface area contributed by atoms with E-state index in [1.807, 2.05) is 0 Å². The molecule has 2 aliphatic rings. The fraction of sp³-hybridized carbons (Fsp3) is 1.00. The molecule has 0 aromatic rings. The van der Waals surface area contributed by atoms with Gasteiger partial charge in [0.25, 0.3) is 0 Å². The standard InChI is InChI=1S/C12H24N2/c1-2-10-3-5-12(6-4-10)14-8-11(7-13)9-14/h10-12H,2-9,13H2,1H3. The second kappa shape index (κ2) is 4.63. The molecule has 1 aliphatic heterocycles. The molecule has 1 saturated heterocycles. The van der Waals surface area contributed by atoms with Crippen LogP contribution in [0.3, 0.4) is 0 Å². The Morgan fingerprint density at radius 2 is 1.71 bits per heavy atom. The van der Waals surface area contributed by atoms with Gasteiger partial charge in [-0.15, -0.1) is 0 Å². The maximum absolute atomic E-state index is 5.64. The number of likely N-dealkylation sites (tertiary alicyclic amines) is 1. The summed E-state index contributed by atoms with van der Waals surface area (Å²) in [5.41, 5.74) is 5.64. The van der Waals surface area contributed by atoms with Crippen LogP contribution < -0.4 is 5.73 Å². The van der Waals surface area contributed by atoms with Crippen LogP contribution in [0.2, 0.25) is 0 Å². The highest BCUT2D eigenvalue weighted by molar-refractivity contribution is 4.88. The van der Waals surface area contributed by atoms with Gasteiger partial charge in [-0.25, -0.2) is 0 Å². The van der Waals surface area contributed by atoms with E-state index in [-0.39, 0.29) is 0 Å². The molecule has 1 heterocycles. The first-order valence-electron chi connectivity index (χ1n) is 6.27. The average Bonchev–Trinajstić information content (AvgIpc) is 2.17. The van der Waals surface area contributed by atoms with E-state index in [1.54, 1.807) is 0 Å². The predicted molar refractivity (Wildman–Crippen MR) is 60.2 cm³/mol. The number of rotatable bonds is 3. The second-order valence-corrected chi connectivity index (χ2v) is 5.14. The number of hydrogen-bond acceptors (Lipinski definition) is 2. The first-order chi connectivity index (χ1) is 6.83. The zero-order valence-electron chi connectivity index (χ0n) is 9.41. The summed E-state index contributed by atoms with van der Waals surface area (Å²) < 4.78 is 0. The van der Waals surface area contributed by atoms with E-state index >= 15 is 0 Å². The predicted octanol–water partition coefficient (Wildman–Crippen LogP) is 1.85. The molecule has 0 spiro atoms.